The van der Waals surface area contributed by atoms with Crippen LogP contribution in [0.3, 0.4) is 0 Å². The molecule has 7 unspecified atom stereocenters. The summed E-state index contributed by atoms with van der Waals surface area (Å²) in [6.07, 6.45) is -6.91. The van der Waals surface area contributed by atoms with E-state index in [1.807, 2.05) is 39.8 Å². The van der Waals surface area contributed by atoms with Crippen molar-refractivity contribution >= 4 is 69.1 Å². The SMILES string of the molecule is Cc1cc(CC(=O)SCCNC(=O)CCNC(=O)C(O)C(C)(C)COP(=O)(O)OP(=O)(O)OCC2OC(n3cnc4c(N)ncnc43)C(O)C2OP(=O)(O)O)cc(C)c1Oc1ccc(O)c(C(C)C)c1. The molecule has 26 nitrogen and oxygen atoms in total. The molecule has 1 aliphatic heterocycles. The Morgan fingerprint density at radius 1 is 0.971 bits per heavy atom. The van der Waals surface area contributed by atoms with E-state index in [9.17, 15) is 63.0 Å². The number of aryl methyl sites for hydroxylation is 2. The molecule has 1 aliphatic rings. The standard InChI is InChI=1S/C40H56N7O19P3S/c1-21(2)26-16-25(7-8-27(26)48)63-33-22(3)13-24(14-23(33)4)15-30(50)70-12-11-42-29(49)9-10-43-38(53)35(52)40(5,6)18-62-69(59,60)66-68(57,58)61-17-28-34(65-67(54,55)56)32(51)39(64-28)47-20-46-31-36(41)44-19-45-37(31)47/h7-8,13-14,16,19-21,28,32,34-35,39,48,51-52H,9-12,15,17-18H2,1-6H3,(H,42,49)(H,43,53)(H,57,58)(H,59,60)(H2,41,44,45)(H2,54,55,56). The van der Waals surface area contributed by atoms with E-state index in [1.54, 1.807) is 18.2 Å². The highest BCUT2D eigenvalue weighted by Crippen LogP contribution is 2.61. The van der Waals surface area contributed by atoms with Gasteiger partial charge in [-0.15, -0.1) is 0 Å². The predicted molar refractivity (Wildman–Crippen MR) is 249 cm³/mol. The predicted octanol–water partition coefficient (Wildman–Crippen LogP) is 3.15. The zero-order chi connectivity index (χ0) is 51.9. The average Bonchev–Trinajstić information content (AvgIpc) is 3.82. The number of carbonyl (C=O) groups excluding carboxylic acids is 3. The molecule has 0 spiro atoms. The second kappa shape index (κ2) is 23.4. The Kier molecular flexibility index (Phi) is 18.9. The number of amides is 2. The van der Waals surface area contributed by atoms with Gasteiger partial charge in [0.1, 0.15) is 53.5 Å². The number of ether oxygens (including phenoxy) is 2. The van der Waals surface area contributed by atoms with E-state index in [-0.39, 0.29) is 65.4 Å². The van der Waals surface area contributed by atoms with Crippen LogP contribution in [0.1, 0.15) is 68.5 Å². The maximum atomic E-state index is 12.8. The molecule has 2 aromatic carbocycles. The number of fused-ring (bicyclic) bond motifs is 1. The van der Waals surface area contributed by atoms with Gasteiger partial charge < -0.3 is 60.7 Å². The fourth-order valence-electron chi connectivity index (χ4n) is 6.99. The monoisotopic (exact) mass is 1060 g/mol. The van der Waals surface area contributed by atoms with Crippen LogP contribution >= 0.6 is 35.2 Å². The average molecular weight is 1060 g/mol. The molecule has 5 rings (SSSR count). The summed E-state index contributed by atoms with van der Waals surface area (Å²) in [4.78, 5) is 89.2. The Balaban J connectivity index is 1.01. The highest BCUT2D eigenvalue weighted by Gasteiger charge is 2.50. The van der Waals surface area contributed by atoms with Gasteiger partial charge >= 0.3 is 23.5 Å². The van der Waals surface area contributed by atoms with Crippen molar-refractivity contribution in [1.82, 2.24) is 30.2 Å². The number of aliphatic hydroxyl groups excluding tert-OH is 2. The van der Waals surface area contributed by atoms with Crippen LogP contribution in [-0.2, 0) is 57.1 Å². The number of aromatic nitrogens is 4. The molecule has 0 radical (unpaired) electrons. The van der Waals surface area contributed by atoms with Crippen molar-refractivity contribution in [1.29, 1.82) is 0 Å². The zero-order valence-corrected chi connectivity index (χ0v) is 42.1. The van der Waals surface area contributed by atoms with E-state index in [0.29, 0.717) is 11.5 Å². The Morgan fingerprint density at radius 3 is 2.30 bits per heavy atom. The Morgan fingerprint density at radius 2 is 1.64 bits per heavy atom. The number of phenols is 1. The second-order valence-electron chi connectivity index (χ2n) is 17.0. The van der Waals surface area contributed by atoms with Crippen LogP contribution in [0, 0.1) is 19.3 Å². The number of nitrogens with zero attached hydrogens (tertiary/aromatic N) is 4. The lowest BCUT2D eigenvalue weighted by molar-refractivity contribution is -0.137. The highest BCUT2D eigenvalue weighted by molar-refractivity contribution is 8.13. The number of rotatable bonds is 24. The number of thioether (sulfide) groups is 1. The molecule has 7 atom stereocenters. The minimum Gasteiger partial charge on any atom is -0.508 e. The van der Waals surface area contributed by atoms with Crippen LogP contribution in [0.5, 0.6) is 17.2 Å². The third-order valence-electron chi connectivity index (χ3n) is 10.5. The topological polar surface area (TPSA) is 393 Å². The number of phosphoric acid groups is 3. The molecule has 2 amide bonds. The first-order chi connectivity index (χ1) is 32.6. The van der Waals surface area contributed by atoms with E-state index < -0.39 is 84.6 Å². The first-order valence-corrected chi connectivity index (χ1v) is 26.7. The minimum absolute atomic E-state index is 0.0233. The number of benzene rings is 2. The molecular formula is C40H56N7O19P3S. The van der Waals surface area contributed by atoms with Gasteiger partial charge in [-0.2, -0.15) is 4.31 Å². The summed E-state index contributed by atoms with van der Waals surface area (Å²) in [5, 5.41) is 36.6. The fraction of sp³-hybridized carbons (Fsp3) is 0.500. The van der Waals surface area contributed by atoms with Gasteiger partial charge in [0.2, 0.25) is 11.8 Å². The molecule has 386 valence electrons. The Labute approximate surface area is 405 Å². The third kappa shape index (κ3) is 15.6. The molecule has 2 aromatic heterocycles. The maximum absolute atomic E-state index is 12.8. The van der Waals surface area contributed by atoms with E-state index in [4.69, 9.17) is 24.3 Å². The number of carbonyl (C=O) groups is 3. The van der Waals surface area contributed by atoms with Crippen LogP contribution in [0.15, 0.2) is 43.0 Å². The number of imidazole rings is 1. The van der Waals surface area contributed by atoms with Gasteiger partial charge in [-0.3, -0.25) is 32.5 Å². The van der Waals surface area contributed by atoms with Crippen molar-refractivity contribution in [2.45, 2.75) is 90.9 Å². The molecule has 1 saturated heterocycles. The number of aliphatic hydroxyl groups is 2. The largest absolute Gasteiger partial charge is 0.508 e. The highest BCUT2D eigenvalue weighted by atomic mass is 32.2. The molecule has 30 heteroatoms. The van der Waals surface area contributed by atoms with Crippen molar-refractivity contribution in [3.8, 4) is 17.2 Å². The quantitative estimate of drug-likeness (QED) is 0.0356. The van der Waals surface area contributed by atoms with Crippen molar-refractivity contribution < 1.29 is 90.3 Å². The Bertz CT molecular complexity index is 2660. The fourth-order valence-corrected chi connectivity index (χ4v) is 10.5. The second-order valence-corrected chi connectivity index (χ2v) is 22.4. The van der Waals surface area contributed by atoms with Crippen molar-refractivity contribution in [3.05, 3.63) is 65.2 Å². The minimum atomic E-state index is -5.60. The van der Waals surface area contributed by atoms with Crippen LogP contribution in [0.4, 0.5) is 5.82 Å². The number of anilines is 1. The molecular weight excluding hydrogens is 1010 g/mol. The van der Waals surface area contributed by atoms with Crippen LogP contribution < -0.4 is 21.1 Å². The van der Waals surface area contributed by atoms with Gasteiger partial charge in [0.25, 0.3) is 0 Å². The van der Waals surface area contributed by atoms with E-state index in [0.717, 1.165) is 51.2 Å². The van der Waals surface area contributed by atoms with Gasteiger partial charge in [0.05, 0.1) is 19.5 Å². The molecule has 0 saturated carbocycles. The zero-order valence-electron chi connectivity index (χ0n) is 38.6. The molecule has 4 aromatic rings. The molecule has 70 heavy (non-hydrogen) atoms. The summed E-state index contributed by atoms with van der Waals surface area (Å²) in [7, 11) is -16.5. The van der Waals surface area contributed by atoms with Crippen LogP contribution in [0.25, 0.3) is 11.2 Å². The lowest BCUT2D eigenvalue weighted by Crippen LogP contribution is -2.46. The summed E-state index contributed by atoms with van der Waals surface area (Å²) in [6, 6.07) is 8.81. The van der Waals surface area contributed by atoms with Gasteiger partial charge in [-0.25, -0.2) is 28.6 Å². The first-order valence-electron chi connectivity index (χ1n) is 21.2. The number of aromatic hydroxyl groups is 1. The summed E-state index contributed by atoms with van der Waals surface area (Å²) in [5.74, 6) is 0.271. The molecule has 0 aliphatic carbocycles. The van der Waals surface area contributed by atoms with Crippen molar-refractivity contribution in [2.75, 3.05) is 37.8 Å². The normalized spacial score (nSPS) is 19.7. The molecule has 3 heterocycles. The summed E-state index contributed by atoms with van der Waals surface area (Å²) in [6.45, 7) is 8.04. The number of phosphoric ester groups is 3. The number of nitrogen functional groups attached to an aromatic ring is 1. The number of nitrogens with two attached hydrogens (primary N) is 1. The lowest BCUT2D eigenvalue weighted by atomic mass is 9.87. The number of nitrogens with one attached hydrogen (secondary N) is 2. The van der Waals surface area contributed by atoms with E-state index in [2.05, 4.69) is 34.4 Å². The van der Waals surface area contributed by atoms with Crippen LogP contribution in [-0.4, -0.2) is 128 Å². The van der Waals surface area contributed by atoms with Gasteiger partial charge in [0.15, 0.2) is 22.8 Å². The summed E-state index contributed by atoms with van der Waals surface area (Å²) < 4.78 is 68.7. The van der Waals surface area contributed by atoms with Gasteiger partial charge in [-0.05, 0) is 54.7 Å². The molecule has 11 N–H and O–H groups in total. The third-order valence-corrected chi connectivity index (χ3v) is 14.4. The number of hydrogen-bond acceptors (Lipinski definition) is 20. The van der Waals surface area contributed by atoms with E-state index >= 15 is 0 Å². The number of hydrogen-bond donors (Lipinski definition) is 10. The molecule has 1 fully saturated rings. The molecule has 0 bridgehead atoms. The maximum Gasteiger partial charge on any atom is 0.481 e. The smallest absolute Gasteiger partial charge is 0.481 e. The van der Waals surface area contributed by atoms with Gasteiger partial charge in [0, 0.05) is 42.7 Å². The lowest BCUT2D eigenvalue weighted by Gasteiger charge is -2.30. The van der Waals surface area contributed by atoms with E-state index in [1.165, 1.54) is 13.8 Å². The van der Waals surface area contributed by atoms with Crippen LogP contribution in [0.2, 0.25) is 0 Å². The van der Waals surface area contributed by atoms with Crippen molar-refractivity contribution in [3.63, 3.8) is 0 Å². The summed E-state index contributed by atoms with van der Waals surface area (Å²) in [5.41, 5.74) is 7.44. The summed E-state index contributed by atoms with van der Waals surface area (Å²) >= 11 is 1.03. The van der Waals surface area contributed by atoms with Gasteiger partial charge in [-0.1, -0.05) is 51.6 Å². The van der Waals surface area contributed by atoms with Crippen molar-refractivity contribution in [2.24, 2.45) is 5.41 Å². The Hall–Kier alpha value is -4.40. The first kappa shape index (κ1) is 56.5. The number of phenolic OH excluding ortho intramolecular Hbond substituents is 1.